The topological polar surface area (TPSA) is 62.5 Å². The third-order valence-corrected chi connectivity index (χ3v) is 5.87. The lowest BCUT2D eigenvalue weighted by molar-refractivity contribution is 0.268. The zero-order chi connectivity index (χ0) is 14.9. The molecule has 1 saturated heterocycles. The van der Waals surface area contributed by atoms with Crippen molar-refractivity contribution in [2.45, 2.75) is 51.2 Å². The SMILES string of the molecule is CC1CCN(S(=O)(=O)c2cc(CO)n(C(C)C)c2)CC1. The molecule has 0 bridgehead atoms. The Kier molecular flexibility index (Phi) is 4.56. The van der Waals surface area contributed by atoms with Gasteiger partial charge < -0.3 is 9.67 Å². The Morgan fingerprint density at radius 3 is 2.40 bits per heavy atom. The van der Waals surface area contributed by atoms with Crippen LogP contribution in [0.2, 0.25) is 0 Å². The van der Waals surface area contributed by atoms with Gasteiger partial charge in [0.15, 0.2) is 0 Å². The summed E-state index contributed by atoms with van der Waals surface area (Å²) in [6.45, 7) is 7.12. The highest BCUT2D eigenvalue weighted by molar-refractivity contribution is 7.89. The van der Waals surface area contributed by atoms with Crippen LogP contribution in [0.3, 0.4) is 0 Å². The Labute approximate surface area is 121 Å². The number of sulfonamides is 1. The normalized spacial score (nSPS) is 18.9. The molecule has 0 spiro atoms. The highest BCUT2D eigenvalue weighted by Gasteiger charge is 2.29. The first-order valence-electron chi connectivity index (χ1n) is 7.18. The maximum absolute atomic E-state index is 12.6. The summed E-state index contributed by atoms with van der Waals surface area (Å²) in [5.74, 6) is 0.592. The predicted octanol–water partition coefficient (Wildman–Crippen LogP) is 1.98. The van der Waals surface area contributed by atoms with E-state index in [1.807, 2.05) is 18.4 Å². The first-order valence-corrected chi connectivity index (χ1v) is 8.62. The van der Waals surface area contributed by atoms with Crippen molar-refractivity contribution < 1.29 is 13.5 Å². The van der Waals surface area contributed by atoms with Gasteiger partial charge in [-0.25, -0.2) is 8.42 Å². The van der Waals surface area contributed by atoms with E-state index >= 15 is 0 Å². The van der Waals surface area contributed by atoms with Crippen molar-refractivity contribution in [3.05, 3.63) is 18.0 Å². The van der Waals surface area contributed by atoms with Crippen molar-refractivity contribution >= 4 is 10.0 Å². The van der Waals surface area contributed by atoms with E-state index in [9.17, 15) is 13.5 Å². The van der Waals surface area contributed by atoms with Gasteiger partial charge in [0.1, 0.15) is 4.90 Å². The minimum atomic E-state index is -3.43. The van der Waals surface area contributed by atoms with Gasteiger partial charge in [0.25, 0.3) is 0 Å². The quantitative estimate of drug-likeness (QED) is 0.925. The van der Waals surface area contributed by atoms with Crippen molar-refractivity contribution in [3.8, 4) is 0 Å². The molecule has 114 valence electrons. The van der Waals surface area contributed by atoms with E-state index in [0.717, 1.165) is 12.8 Å². The van der Waals surface area contributed by atoms with Gasteiger partial charge >= 0.3 is 0 Å². The smallest absolute Gasteiger partial charge is 0.244 e. The average molecular weight is 300 g/mol. The summed E-state index contributed by atoms with van der Waals surface area (Å²) in [6, 6.07) is 1.72. The first-order chi connectivity index (χ1) is 9.36. The summed E-state index contributed by atoms with van der Waals surface area (Å²) in [5.41, 5.74) is 0.643. The minimum Gasteiger partial charge on any atom is -0.390 e. The molecule has 0 atom stereocenters. The van der Waals surface area contributed by atoms with Crippen LogP contribution in [0, 0.1) is 5.92 Å². The summed E-state index contributed by atoms with van der Waals surface area (Å²) in [6.07, 6.45) is 3.47. The fourth-order valence-electron chi connectivity index (χ4n) is 2.62. The van der Waals surface area contributed by atoms with Crippen molar-refractivity contribution in [3.63, 3.8) is 0 Å². The largest absolute Gasteiger partial charge is 0.390 e. The van der Waals surface area contributed by atoms with Gasteiger partial charge in [-0.05, 0) is 38.7 Å². The third kappa shape index (κ3) is 2.92. The molecule has 2 rings (SSSR count). The Bertz CT molecular complexity index is 555. The van der Waals surface area contributed by atoms with E-state index in [-0.39, 0.29) is 12.6 Å². The van der Waals surface area contributed by atoms with Crippen LogP contribution in [0.1, 0.15) is 45.3 Å². The molecule has 1 aromatic heterocycles. The molecule has 1 aromatic rings. The average Bonchev–Trinajstić information content (AvgIpc) is 2.84. The Morgan fingerprint density at radius 1 is 1.35 bits per heavy atom. The van der Waals surface area contributed by atoms with Crippen LogP contribution in [0.15, 0.2) is 17.2 Å². The second kappa shape index (κ2) is 5.87. The maximum Gasteiger partial charge on any atom is 0.244 e. The van der Waals surface area contributed by atoms with Crippen LogP contribution in [-0.4, -0.2) is 35.5 Å². The van der Waals surface area contributed by atoms with E-state index in [1.165, 1.54) is 0 Å². The molecule has 1 fully saturated rings. The van der Waals surface area contributed by atoms with Gasteiger partial charge in [0.05, 0.1) is 6.61 Å². The predicted molar refractivity (Wildman–Crippen MR) is 77.9 cm³/mol. The van der Waals surface area contributed by atoms with E-state index in [4.69, 9.17) is 0 Å². The first kappa shape index (κ1) is 15.5. The van der Waals surface area contributed by atoms with E-state index < -0.39 is 10.0 Å². The van der Waals surface area contributed by atoms with Gasteiger partial charge in [-0.15, -0.1) is 0 Å². The zero-order valence-corrected chi connectivity index (χ0v) is 13.2. The lowest BCUT2D eigenvalue weighted by Gasteiger charge is -2.29. The third-order valence-electron chi connectivity index (χ3n) is 4.01. The fourth-order valence-corrected chi connectivity index (χ4v) is 4.14. The van der Waals surface area contributed by atoms with Crippen LogP contribution in [0.5, 0.6) is 0 Å². The molecule has 0 radical (unpaired) electrons. The van der Waals surface area contributed by atoms with Gasteiger partial charge in [-0.3, -0.25) is 0 Å². The van der Waals surface area contributed by atoms with Gasteiger partial charge in [-0.2, -0.15) is 4.31 Å². The molecule has 0 aliphatic carbocycles. The number of hydrogen-bond acceptors (Lipinski definition) is 3. The molecule has 0 unspecified atom stereocenters. The summed E-state index contributed by atoms with van der Waals surface area (Å²) >= 11 is 0. The van der Waals surface area contributed by atoms with Gasteiger partial charge in [-0.1, -0.05) is 6.92 Å². The molecule has 20 heavy (non-hydrogen) atoms. The van der Waals surface area contributed by atoms with Crippen molar-refractivity contribution in [1.29, 1.82) is 0 Å². The molecule has 5 nitrogen and oxygen atoms in total. The second-order valence-electron chi connectivity index (χ2n) is 5.91. The lowest BCUT2D eigenvalue weighted by atomic mass is 10.0. The number of piperidine rings is 1. The molecule has 0 saturated carbocycles. The van der Waals surface area contributed by atoms with Gasteiger partial charge in [0.2, 0.25) is 10.0 Å². The standard InChI is InChI=1S/C14H24N2O3S/c1-11(2)16-9-14(8-13(16)10-17)20(18,19)15-6-4-12(3)5-7-15/h8-9,11-12,17H,4-7,10H2,1-3H3. The molecule has 6 heteroatoms. The molecule has 1 N–H and O–H groups in total. The number of aliphatic hydroxyl groups is 1. The minimum absolute atomic E-state index is 0.127. The van der Waals surface area contributed by atoms with E-state index in [2.05, 4.69) is 6.92 Å². The molecule has 1 aliphatic heterocycles. The van der Waals surface area contributed by atoms with Crippen LogP contribution in [0.25, 0.3) is 0 Å². The molecule has 1 aliphatic rings. The number of aromatic nitrogens is 1. The van der Waals surface area contributed by atoms with Crippen LogP contribution < -0.4 is 0 Å². The Balaban J connectivity index is 2.30. The van der Waals surface area contributed by atoms with Gasteiger partial charge in [0, 0.05) is 31.0 Å². The molecular formula is C14H24N2O3S. The van der Waals surface area contributed by atoms with Crippen LogP contribution in [-0.2, 0) is 16.6 Å². The summed E-state index contributed by atoms with van der Waals surface area (Å²) in [5, 5.41) is 9.36. The Hall–Kier alpha value is -0.850. The maximum atomic E-state index is 12.6. The summed E-state index contributed by atoms with van der Waals surface area (Å²) in [7, 11) is -3.43. The molecule has 0 aromatic carbocycles. The summed E-state index contributed by atoms with van der Waals surface area (Å²) < 4.78 is 28.6. The molecule has 2 heterocycles. The number of aliphatic hydroxyl groups excluding tert-OH is 1. The van der Waals surface area contributed by atoms with Crippen molar-refractivity contribution in [2.75, 3.05) is 13.1 Å². The van der Waals surface area contributed by atoms with Crippen LogP contribution in [0.4, 0.5) is 0 Å². The fraction of sp³-hybridized carbons (Fsp3) is 0.714. The van der Waals surface area contributed by atoms with Crippen LogP contribution >= 0.6 is 0 Å². The van der Waals surface area contributed by atoms with Crippen molar-refractivity contribution in [1.82, 2.24) is 8.87 Å². The zero-order valence-electron chi connectivity index (χ0n) is 12.4. The van der Waals surface area contributed by atoms with Crippen molar-refractivity contribution in [2.24, 2.45) is 5.92 Å². The Morgan fingerprint density at radius 2 is 1.95 bits per heavy atom. The highest BCUT2D eigenvalue weighted by Crippen LogP contribution is 2.26. The molecular weight excluding hydrogens is 276 g/mol. The monoisotopic (exact) mass is 300 g/mol. The number of nitrogens with zero attached hydrogens (tertiary/aromatic N) is 2. The molecule has 0 amide bonds. The lowest BCUT2D eigenvalue weighted by Crippen LogP contribution is -2.37. The second-order valence-corrected chi connectivity index (χ2v) is 7.85. The van der Waals surface area contributed by atoms with E-state index in [1.54, 1.807) is 16.6 Å². The van der Waals surface area contributed by atoms with E-state index in [0.29, 0.717) is 29.6 Å². The highest BCUT2D eigenvalue weighted by atomic mass is 32.2. The number of hydrogen-bond donors (Lipinski definition) is 1. The summed E-state index contributed by atoms with van der Waals surface area (Å²) in [4.78, 5) is 0.296. The number of rotatable bonds is 4.